The number of carbonyl (C=O) groups excluding carboxylic acids is 2. The molecule has 2 fully saturated rings. The lowest BCUT2D eigenvalue weighted by Crippen LogP contribution is -2.56. The monoisotopic (exact) mass is 712 g/mol. The Morgan fingerprint density at radius 2 is 1.51 bits per heavy atom. The van der Waals surface area contributed by atoms with Gasteiger partial charge in [0, 0.05) is 18.3 Å². The fourth-order valence-corrected chi connectivity index (χ4v) is 10.9. The van der Waals surface area contributed by atoms with Gasteiger partial charge in [0.05, 0.1) is 5.41 Å². The molecule has 3 aromatic carbocycles. The van der Waals surface area contributed by atoms with E-state index in [1.54, 1.807) is 0 Å². The Hall–Kier alpha value is -3.92. The van der Waals surface area contributed by atoms with Crippen LogP contribution >= 0.6 is 0 Å². The minimum Gasteiger partial charge on any atom is -0.489 e. The number of ether oxygens (including phenoxy) is 2. The molecular formula is C49H60O4. The van der Waals surface area contributed by atoms with Crippen molar-refractivity contribution in [3.63, 3.8) is 0 Å². The quantitative estimate of drug-likeness (QED) is 0.186. The molecule has 53 heavy (non-hydrogen) atoms. The second-order valence-electron chi connectivity index (χ2n) is 18.1. The molecule has 0 saturated heterocycles. The maximum Gasteiger partial charge on any atom is 0.143 e. The van der Waals surface area contributed by atoms with Crippen LogP contribution in [-0.4, -0.2) is 11.6 Å². The van der Waals surface area contributed by atoms with Crippen molar-refractivity contribution in [2.45, 2.75) is 113 Å². The zero-order chi connectivity index (χ0) is 37.4. The average molecular weight is 713 g/mol. The van der Waals surface area contributed by atoms with E-state index in [1.807, 2.05) is 42.5 Å². The van der Waals surface area contributed by atoms with Gasteiger partial charge in [-0.1, -0.05) is 132 Å². The predicted molar refractivity (Wildman–Crippen MR) is 214 cm³/mol. The molecule has 4 nitrogen and oxygen atoms in total. The highest BCUT2D eigenvalue weighted by Crippen LogP contribution is 2.62. The molecule has 0 unspecified atom stereocenters. The maximum absolute atomic E-state index is 15.2. The number of hydrogen-bond acceptors (Lipinski definition) is 4. The number of ketones is 2. The molecule has 0 amide bonds. The van der Waals surface area contributed by atoms with Gasteiger partial charge in [-0.25, -0.2) is 0 Å². The Labute approximate surface area is 318 Å². The van der Waals surface area contributed by atoms with Gasteiger partial charge in [-0.2, -0.15) is 0 Å². The van der Waals surface area contributed by atoms with Crippen molar-refractivity contribution in [2.24, 2.45) is 45.3 Å². The highest BCUT2D eigenvalue weighted by molar-refractivity contribution is 5.96. The van der Waals surface area contributed by atoms with Crippen LogP contribution in [0.3, 0.4) is 0 Å². The van der Waals surface area contributed by atoms with Crippen LogP contribution < -0.4 is 9.47 Å². The lowest BCUT2D eigenvalue weighted by molar-refractivity contribution is -0.149. The lowest BCUT2D eigenvalue weighted by Gasteiger charge is -2.57. The molecule has 0 N–H and O–H groups in total. The summed E-state index contributed by atoms with van der Waals surface area (Å²) in [5.74, 6) is 2.93. The van der Waals surface area contributed by atoms with Gasteiger partial charge in [-0.3, -0.25) is 9.59 Å². The van der Waals surface area contributed by atoms with E-state index in [0.29, 0.717) is 31.8 Å². The van der Waals surface area contributed by atoms with E-state index < -0.39 is 10.8 Å². The van der Waals surface area contributed by atoms with E-state index >= 15 is 4.79 Å². The van der Waals surface area contributed by atoms with Gasteiger partial charge in [0.25, 0.3) is 0 Å². The van der Waals surface area contributed by atoms with E-state index in [4.69, 9.17) is 9.47 Å². The Morgan fingerprint density at radius 1 is 0.830 bits per heavy atom. The predicted octanol–water partition coefficient (Wildman–Crippen LogP) is 11.7. The van der Waals surface area contributed by atoms with Crippen LogP contribution in [0.15, 0.2) is 103 Å². The number of carbonyl (C=O) groups is 2. The van der Waals surface area contributed by atoms with Crippen molar-refractivity contribution in [3.8, 4) is 11.5 Å². The van der Waals surface area contributed by atoms with E-state index in [-0.39, 0.29) is 40.3 Å². The normalized spacial score (nSPS) is 31.9. The van der Waals surface area contributed by atoms with E-state index in [2.05, 4.69) is 96.2 Å². The lowest BCUT2D eigenvalue weighted by atomic mass is 9.45. The van der Waals surface area contributed by atoms with Crippen LogP contribution in [0.4, 0.5) is 0 Å². The zero-order valence-corrected chi connectivity index (χ0v) is 33.0. The molecule has 4 aliphatic carbocycles. The highest BCUT2D eigenvalue weighted by atomic mass is 16.5. The summed E-state index contributed by atoms with van der Waals surface area (Å²) in [5.41, 5.74) is 3.36. The standard InChI is InChI=1S/C49H60O4/c1-34-26-28-49(31-45(51)48(6)35(2)22-24-40-41(48)19-14-27-46(40,3)4)43(20-13-21-44(49)50)47(34,5)30-38-29-39(52-32-36-15-9-7-10-16-36)23-25-42(38)53-33-37-17-11-8-12-18-37/h7-12,15-18,23-26,28-29,34-35,41,43H,13-14,19-22,27,30-33H2,1-6H3/t34-,35+,41-,43+,47-,48-,49+/m1/s1. The van der Waals surface area contributed by atoms with Gasteiger partial charge >= 0.3 is 0 Å². The first-order valence-electron chi connectivity index (χ1n) is 20.3. The fourth-order valence-electron chi connectivity index (χ4n) is 10.9. The molecule has 0 radical (unpaired) electrons. The molecule has 2 saturated carbocycles. The summed E-state index contributed by atoms with van der Waals surface area (Å²) >= 11 is 0. The fraction of sp³-hybridized carbons (Fsp3) is 0.510. The Bertz CT molecular complexity index is 1860. The topological polar surface area (TPSA) is 52.6 Å². The van der Waals surface area contributed by atoms with Crippen LogP contribution in [0.2, 0.25) is 0 Å². The molecule has 0 bridgehead atoms. The Morgan fingerprint density at radius 3 is 2.21 bits per heavy atom. The second kappa shape index (κ2) is 14.7. The van der Waals surface area contributed by atoms with Crippen LogP contribution in [0.1, 0.15) is 110 Å². The van der Waals surface area contributed by atoms with Gasteiger partial charge in [-0.05, 0) is 108 Å². The third-order valence-electron chi connectivity index (χ3n) is 14.6. The maximum atomic E-state index is 15.2. The summed E-state index contributed by atoms with van der Waals surface area (Å²) in [7, 11) is 0. The highest BCUT2D eigenvalue weighted by Gasteiger charge is 2.60. The van der Waals surface area contributed by atoms with Gasteiger partial charge < -0.3 is 9.47 Å². The summed E-state index contributed by atoms with van der Waals surface area (Å²) in [4.78, 5) is 29.7. The number of Topliss-reactive ketones (excluding diaryl/α,β-unsaturated/α-hetero) is 2. The van der Waals surface area contributed by atoms with Crippen molar-refractivity contribution in [1.29, 1.82) is 0 Å². The molecule has 4 heteroatoms. The van der Waals surface area contributed by atoms with E-state index in [9.17, 15) is 4.79 Å². The number of benzene rings is 3. The van der Waals surface area contributed by atoms with Gasteiger partial charge in [0.15, 0.2) is 0 Å². The molecule has 0 spiro atoms. The molecule has 4 aliphatic rings. The van der Waals surface area contributed by atoms with Gasteiger partial charge in [0.2, 0.25) is 0 Å². The van der Waals surface area contributed by atoms with Crippen LogP contribution in [0.25, 0.3) is 0 Å². The minimum absolute atomic E-state index is 0.0383. The number of allylic oxidation sites excluding steroid dienone is 4. The summed E-state index contributed by atoms with van der Waals surface area (Å²) in [6.07, 6.45) is 14.6. The van der Waals surface area contributed by atoms with E-state index in [0.717, 1.165) is 66.7 Å². The second-order valence-corrected chi connectivity index (χ2v) is 18.1. The van der Waals surface area contributed by atoms with Crippen molar-refractivity contribution in [1.82, 2.24) is 0 Å². The largest absolute Gasteiger partial charge is 0.489 e. The Balaban J connectivity index is 1.22. The summed E-state index contributed by atoms with van der Waals surface area (Å²) in [6.45, 7) is 14.9. The van der Waals surface area contributed by atoms with Crippen LogP contribution in [-0.2, 0) is 29.2 Å². The molecule has 3 aromatic rings. The first kappa shape index (κ1) is 37.4. The van der Waals surface area contributed by atoms with Crippen molar-refractivity contribution >= 4 is 11.6 Å². The van der Waals surface area contributed by atoms with Gasteiger partial charge in [0.1, 0.15) is 36.3 Å². The smallest absolute Gasteiger partial charge is 0.143 e. The molecular weight excluding hydrogens is 653 g/mol. The molecule has 7 atom stereocenters. The summed E-state index contributed by atoms with van der Waals surface area (Å²) in [6, 6.07) is 26.7. The van der Waals surface area contributed by atoms with Gasteiger partial charge in [-0.15, -0.1) is 0 Å². The molecule has 0 aliphatic heterocycles. The van der Waals surface area contributed by atoms with Crippen molar-refractivity contribution < 1.29 is 19.1 Å². The van der Waals surface area contributed by atoms with Crippen molar-refractivity contribution in [2.75, 3.05) is 0 Å². The summed E-state index contributed by atoms with van der Waals surface area (Å²) < 4.78 is 13.0. The third kappa shape index (κ3) is 6.96. The first-order valence-corrected chi connectivity index (χ1v) is 20.3. The van der Waals surface area contributed by atoms with Crippen molar-refractivity contribution in [3.05, 3.63) is 119 Å². The summed E-state index contributed by atoms with van der Waals surface area (Å²) in [5, 5.41) is 0. The third-order valence-corrected chi connectivity index (χ3v) is 14.6. The SMILES string of the molecule is C[C@@H]1C=C[C@@]2(CC(=O)[C@@]3(C)[C@@H]4CCCC(C)(C)C4=CC[C@@H]3C)C(=O)CCC[C@H]2[C@]1(C)Cc1cc(OCc2ccccc2)ccc1OCc1ccccc1. The average Bonchev–Trinajstić information content (AvgIpc) is 3.15. The Kier molecular flexibility index (Phi) is 10.4. The number of fused-ring (bicyclic) bond motifs is 2. The van der Waals surface area contributed by atoms with Crippen LogP contribution in [0, 0.1) is 45.3 Å². The zero-order valence-electron chi connectivity index (χ0n) is 33.0. The molecule has 0 heterocycles. The molecule has 7 rings (SSSR count). The van der Waals surface area contributed by atoms with Crippen LogP contribution in [0.5, 0.6) is 11.5 Å². The first-order chi connectivity index (χ1) is 25.4. The minimum atomic E-state index is -0.794. The molecule has 0 aromatic heterocycles. The molecule has 280 valence electrons. The van der Waals surface area contributed by atoms with E-state index in [1.165, 1.54) is 12.0 Å². The number of rotatable bonds is 11. The number of hydrogen-bond donors (Lipinski definition) is 0.